The van der Waals surface area contributed by atoms with Gasteiger partial charge in [0.2, 0.25) is 0 Å². The Morgan fingerprint density at radius 3 is 2.34 bits per heavy atom. The molecule has 0 aliphatic heterocycles. The second-order valence-electron chi connectivity index (χ2n) is 9.85. The summed E-state index contributed by atoms with van der Waals surface area (Å²) < 4.78 is 0. The first-order valence-electron chi connectivity index (χ1n) is 12.7. The minimum absolute atomic E-state index is 0.0536. The lowest BCUT2D eigenvalue weighted by Crippen LogP contribution is -2.59. The monoisotopic (exact) mass is 463 g/mol. The zero-order valence-corrected chi connectivity index (χ0v) is 20.3. The molecule has 1 aliphatic rings. The van der Waals surface area contributed by atoms with Crippen molar-refractivity contribution in [2.45, 2.75) is 56.5 Å². The van der Waals surface area contributed by atoms with Gasteiger partial charge in [-0.15, -0.1) is 0 Å². The predicted octanol–water partition coefficient (Wildman–Crippen LogP) is 6.47. The van der Waals surface area contributed by atoms with Crippen molar-refractivity contribution in [3.05, 3.63) is 102 Å². The van der Waals surface area contributed by atoms with E-state index in [1.54, 1.807) is 0 Å². The molecule has 4 nitrogen and oxygen atoms in total. The lowest BCUT2D eigenvalue weighted by Gasteiger charge is -2.43. The van der Waals surface area contributed by atoms with Gasteiger partial charge in [-0.1, -0.05) is 67.6 Å². The maximum atomic E-state index is 13.1. The molecule has 1 aromatic heterocycles. The summed E-state index contributed by atoms with van der Waals surface area (Å²) >= 11 is 0. The van der Waals surface area contributed by atoms with E-state index in [4.69, 9.17) is 5.73 Å². The molecule has 3 N–H and O–H groups in total. The second kappa shape index (κ2) is 10.0. The lowest BCUT2D eigenvalue weighted by molar-refractivity contribution is 0.0892. The van der Waals surface area contributed by atoms with Crippen molar-refractivity contribution in [3.63, 3.8) is 0 Å². The fourth-order valence-corrected chi connectivity index (χ4v) is 5.49. The molecule has 5 rings (SSSR count). The number of carbonyl (C=O) groups excluding carboxylic acids is 1. The molecule has 0 radical (unpaired) electrons. The first-order chi connectivity index (χ1) is 17.1. The lowest BCUT2D eigenvalue weighted by atomic mass is 9.71. The third kappa shape index (κ3) is 4.98. The number of nitrogens with one attached hydrogen (secondary N) is 1. The topological polar surface area (TPSA) is 68.0 Å². The van der Waals surface area contributed by atoms with Crippen LogP contribution in [0.3, 0.4) is 0 Å². The van der Waals surface area contributed by atoms with Crippen molar-refractivity contribution in [1.29, 1.82) is 0 Å². The van der Waals surface area contributed by atoms with Crippen molar-refractivity contribution in [1.82, 2.24) is 10.3 Å². The summed E-state index contributed by atoms with van der Waals surface area (Å²) in [6.07, 6.45) is 6.62. The molecule has 0 saturated heterocycles. The molecule has 3 aromatic carbocycles. The first kappa shape index (κ1) is 23.3. The standard InChI is InChI=1S/C31H33N3O/c1-2-29(34-30(35)25-14-12-23(13-15-25)22-8-4-3-5-9-22)31(32)18-16-24(17-19-31)27-20-26-10-6-7-11-28(26)33-21-27/h3-15,20-21,24,29H,2,16-19,32H2,1H3,(H,34,35)/t24?,29-,31?/m0/s1. The van der Waals surface area contributed by atoms with E-state index in [0.717, 1.165) is 48.7 Å². The number of pyridine rings is 1. The Kier molecular flexibility index (Phi) is 6.65. The number of nitrogens with zero attached hydrogens (tertiary/aromatic N) is 1. The van der Waals surface area contributed by atoms with Crippen molar-refractivity contribution >= 4 is 16.8 Å². The number of amides is 1. The van der Waals surface area contributed by atoms with Crippen LogP contribution in [-0.2, 0) is 0 Å². The number of aromatic nitrogens is 1. The summed E-state index contributed by atoms with van der Waals surface area (Å²) in [5, 5.41) is 4.44. The van der Waals surface area contributed by atoms with Gasteiger partial charge in [0, 0.05) is 28.7 Å². The van der Waals surface area contributed by atoms with Crippen LogP contribution < -0.4 is 11.1 Å². The highest BCUT2D eigenvalue weighted by Gasteiger charge is 2.39. The van der Waals surface area contributed by atoms with E-state index < -0.39 is 5.54 Å². The molecule has 35 heavy (non-hydrogen) atoms. The third-order valence-electron chi connectivity index (χ3n) is 7.66. The molecule has 1 fully saturated rings. The smallest absolute Gasteiger partial charge is 0.251 e. The minimum atomic E-state index is -0.394. The van der Waals surface area contributed by atoms with E-state index in [1.807, 2.05) is 54.7 Å². The van der Waals surface area contributed by atoms with Crippen LogP contribution in [0.4, 0.5) is 0 Å². The van der Waals surface area contributed by atoms with Crippen LogP contribution in [0.5, 0.6) is 0 Å². The molecule has 1 amide bonds. The first-order valence-corrected chi connectivity index (χ1v) is 12.7. The summed E-state index contributed by atoms with van der Waals surface area (Å²) in [7, 11) is 0. The molecule has 1 saturated carbocycles. The Hall–Kier alpha value is -3.50. The zero-order chi connectivity index (χ0) is 24.3. The van der Waals surface area contributed by atoms with Crippen LogP contribution >= 0.6 is 0 Å². The highest BCUT2D eigenvalue weighted by Crippen LogP contribution is 2.39. The van der Waals surface area contributed by atoms with Crippen molar-refractivity contribution < 1.29 is 4.79 Å². The molecule has 4 aromatic rings. The van der Waals surface area contributed by atoms with Crippen LogP contribution in [0.25, 0.3) is 22.0 Å². The van der Waals surface area contributed by atoms with Gasteiger partial charge in [-0.3, -0.25) is 9.78 Å². The Balaban J connectivity index is 1.23. The molecule has 178 valence electrons. The number of fused-ring (bicyclic) bond motifs is 1. The van der Waals surface area contributed by atoms with Crippen molar-refractivity contribution in [2.24, 2.45) is 5.73 Å². The van der Waals surface area contributed by atoms with Crippen LogP contribution in [-0.4, -0.2) is 22.5 Å². The van der Waals surface area contributed by atoms with Gasteiger partial charge < -0.3 is 11.1 Å². The number of hydrogen-bond donors (Lipinski definition) is 2. The molecule has 1 aliphatic carbocycles. The van der Waals surface area contributed by atoms with Gasteiger partial charge >= 0.3 is 0 Å². The normalized spacial score (nSPS) is 20.9. The Labute approximate surface area is 207 Å². The van der Waals surface area contributed by atoms with E-state index in [1.165, 1.54) is 10.9 Å². The Morgan fingerprint density at radius 1 is 0.971 bits per heavy atom. The van der Waals surface area contributed by atoms with Crippen LogP contribution in [0.2, 0.25) is 0 Å². The summed E-state index contributed by atoms with van der Waals surface area (Å²) in [6.45, 7) is 2.11. The molecule has 0 bridgehead atoms. The van der Waals surface area contributed by atoms with Gasteiger partial charge in [0.1, 0.15) is 0 Å². The molecular weight excluding hydrogens is 430 g/mol. The average Bonchev–Trinajstić information content (AvgIpc) is 2.92. The van der Waals surface area contributed by atoms with Gasteiger partial charge in [0.25, 0.3) is 5.91 Å². The largest absolute Gasteiger partial charge is 0.347 e. The maximum Gasteiger partial charge on any atom is 0.251 e. The van der Waals surface area contributed by atoms with E-state index >= 15 is 0 Å². The summed E-state index contributed by atoms with van der Waals surface area (Å²) in [5.74, 6) is 0.407. The van der Waals surface area contributed by atoms with E-state index in [0.29, 0.717) is 11.5 Å². The number of rotatable bonds is 6. The quantitative estimate of drug-likeness (QED) is 0.344. The number of hydrogen-bond acceptors (Lipinski definition) is 3. The molecule has 1 heterocycles. The summed E-state index contributed by atoms with van der Waals surface area (Å²) in [4.78, 5) is 17.7. The van der Waals surface area contributed by atoms with Gasteiger partial charge in [0.15, 0.2) is 0 Å². The van der Waals surface area contributed by atoms with Crippen LogP contribution in [0, 0.1) is 0 Å². The average molecular weight is 464 g/mol. The summed E-state index contributed by atoms with van der Waals surface area (Å²) in [5.41, 5.74) is 11.8. The third-order valence-corrected chi connectivity index (χ3v) is 7.66. The van der Waals surface area contributed by atoms with Gasteiger partial charge in [0.05, 0.1) is 5.52 Å². The number of nitrogens with two attached hydrogens (primary N) is 1. The Morgan fingerprint density at radius 2 is 1.63 bits per heavy atom. The summed E-state index contributed by atoms with van der Waals surface area (Å²) in [6, 6.07) is 28.5. The van der Waals surface area contributed by atoms with E-state index in [2.05, 4.69) is 53.6 Å². The van der Waals surface area contributed by atoms with Crippen molar-refractivity contribution in [3.8, 4) is 11.1 Å². The van der Waals surface area contributed by atoms with Gasteiger partial charge in [-0.05, 0) is 79.0 Å². The number of para-hydroxylation sites is 1. The zero-order valence-electron chi connectivity index (χ0n) is 20.3. The fraction of sp³-hybridized carbons (Fsp3) is 0.290. The molecular formula is C31H33N3O. The molecule has 1 atom stereocenters. The van der Waals surface area contributed by atoms with E-state index in [-0.39, 0.29) is 11.9 Å². The van der Waals surface area contributed by atoms with Crippen molar-refractivity contribution in [2.75, 3.05) is 0 Å². The predicted molar refractivity (Wildman–Crippen MR) is 143 cm³/mol. The molecule has 0 unspecified atom stereocenters. The van der Waals surface area contributed by atoms with Gasteiger partial charge in [-0.25, -0.2) is 0 Å². The van der Waals surface area contributed by atoms with Gasteiger partial charge in [-0.2, -0.15) is 0 Å². The highest BCUT2D eigenvalue weighted by molar-refractivity contribution is 5.95. The fourth-order valence-electron chi connectivity index (χ4n) is 5.49. The SMILES string of the molecule is CC[C@H](NC(=O)c1ccc(-c2ccccc2)cc1)C1(N)CCC(c2cnc3ccccc3c2)CC1. The second-order valence-corrected chi connectivity index (χ2v) is 9.85. The highest BCUT2D eigenvalue weighted by atomic mass is 16.1. The Bertz CT molecular complexity index is 1290. The molecule has 4 heteroatoms. The number of carbonyl (C=O) groups is 1. The maximum absolute atomic E-state index is 13.1. The minimum Gasteiger partial charge on any atom is -0.347 e. The van der Waals surface area contributed by atoms with Crippen LogP contribution in [0.15, 0.2) is 91.1 Å². The number of benzene rings is 3. The van der Waals surface area contributed by atoms with Crippen LogP contribution in [0.1, 0.15) is 60.9 Å². The van der Waals surface area contributed by atoms with E-state index in [9.17, 15) is 4.79 Å². The molecule has 0 spiro atoms.